The molecule has 0 saturated carbocycles. The van der Waals surface area contributed by atoms with E-state index < -0.39 is 0 Å². The Balaban J connectivity index is 1.23. The van der Waals surface area contributed by atoms with E-state index in [4.69, 9.17) is 0 Å². The molecule has 0 unspecified atom stereocenters. The van der Waals surface area contributed by atoms with Gasteiger partial charge >= 0.3 is 0 Å². The Morgan fingerprint density at radius 2 is 0.597 bits per heavy atom. The van der Waals surface area contributed by atoms with Crippen LogP contribution in [-0.4, -0.2) is 0 Å². The van der Waals surface area contributed by atoms with E-state index in [1.165, 1.54) is 213 Å². The third kappa shape index (κ3) is 12.1. The van der Waals surface area contributed by atoms with Crippen LogP contribution in [0.4, 0.5) is 0 Å². The summed E-state index contributed by atoms with van der Waals surface area (Å²) >= 11 is 0. The van der Waals surface area contributed by atoms with Gasteiger partial charge in [-0.05, 0) is 81.3 Å². The Kier molecular flexibility index (Phi) is 19.8. The minimum atomic E-state index is 0.126. The molecule has 0 spiro atoms. The first kappa shape index (κ1) is 47.8. The van der Waals surface area contributed by atoms with Crippen LogP contribution in [0.2, 0.25) is 0 Å². The summed E-state index contributed by atoms with van der Waals surface area (Å²) in [4.78, 5) is 0. The number of hydrogen-bond donors (Lipinski definition) is 0. The average Bonchev–Trinajstić information content (AvgIpc) is 3.73. The quantitative estimate of drug-likeness (QED) is 0.0350. The summed E-state index contributed by atoms with van der Waals surface area (Å²) in [5.74, 6) is 0. The van der Waals surface area contributed by atoms with Crippen molar-refractivity contribution in [1.82, 2.24) is 0 Å². The largest absolute Gasteiger partial charge is 0.0654 e. The van der Waals surface area contributed by atoms with Crippen LogP contribution in [0, 0.1) is 0 Å². The summed E-state index contributed by atoms with van der Waals surface area (Å²) in [7, 11) is 0. The average molecular weight is 831 g/mol. The second-order valence-electron chi connectivity index (χ2n) is 19.7. The molecule has 2 aliphatic carbocycles. The van der Waals surface area contributed by atoms with Gasteiger partial charge in [0.1, 0.15) is 0 Å². The van der Waals surface area contributed by atoms with Crippen molar-refractivity contribution in [3.05, 3.63) is 130 Å². The number of rotatable bonds is 31. The summed E-state index contributed by atoms with van der Waals surface area (Å²) in [5.41, 5.74) is 15.2. The van der Waals surface area contributed by atoms with Gasteiger partial charge in [-0.2, -0.15) is 0 Å². The zero-order chi connectivity index (χ0) is 43.3. The minimum absolute atomic E-state index is 0.126. The second kappa shape index (κ2) is 25.6. The fraction of sp³-hybridized carbons (Fsp3) is 0.548. The molecule has 4 aromatic rings. The van der Waals surface area contributed by atoms with Crippen molar-refractivity contribution in [3.63, 3.8) is 0 Å². The predicted molar refractivity (Wildman–Crippen MR) is 275 cm³/mol. The van der Waals surface area contributed by atoms with Gasteiger partial charge in [-0.3, -0.25) is 0 Å². The molecule has 0 N–H and O–H groups in total. The van der Waals surface area contributed by atoms with Crippen LogP contribution in [0.5, 0.6) is 0 Å². The molecule has 0 heterocycles. The number of fused-ring (bicyclic) bond motifs is 6. The molecule has 0 aromatic heterocycles. The summed E-state index contributed by atoms with van der Waals surface area (Å²) in [5, 5.41) is 0. The lowest BCUT2D eigenvalue weighted by atomic mass is 9.70. The van der Waals surface area contributed by atoms with E-state index in [0.717, 1.165) is 0 Å². The Labute approximate surface area is 381 Å². The lowest BCUT2D eigenvalue weighted by molar-refractivity contribution is 0.398. The minimum Gasteiger partial charge on any atom is -0.0654 e. The van der Waals surface area contributed by atoms with Crippen LogP contribution in [-0.2, 0) is 10.8 Å². The lowest BCUT2D eigenvalue weighted by Crippen LogP contribution is -2.25. The third-order valence-corrected chi connectivity index (χ3v) is 15.1. The van der Waals surface area contributed by atoms with Crippen molar-refractivity contribution >= 4 is 12.2 Å². The molecule has 0 atom stereocenters. The first-order valence-electron chi connectivity index (χ1n) is 26.5. The molecule has 0 bridgehead atoms. The molecule has 0 heteroatoms. The molecule has 0 nitrogen and oxygen atoms in total. The van der Waals surface area contributed by atoms with Gasteiger partial charge in [0.15, 0.2) is 0 Å². The van der Waals surface area contributed by atoms with Crippen LogP contribution < -0.4 is 0 Å². The van der Waals surface area contributed by atoms with Crippen LogP contribution in [0.1, 0.15) is 241 Å². The van der Waals surface area contributed by atoms with Gasteiger partial charge in [0.25, 0.3) is 0 Å². The van der Waals surface area contributed by atoms with E-state index in [2.05, 4.69) is 137 Å². The number of unbranched alkanes of at least 4 members (excludes halogenated alkanes) is 20. The van der Waals surface area contributed by atoms with Gasteiger partial charge < -0.3 is 0 Å². The van der Waals surface area contributed by atoms with Crippen molar-refractivity contribution < 1.29 is 0 Å². The van der Waals surface area contributed by atoms with E-state index in [-0.39, 0.29) is 10.8 Å². The molecule has 0 amide bonds. The van der Waals surface area contributed by atoms with Crippen molar-refractivity contribution in [1.29, 1.82) is 0 Å². The van der Waals surface area contributed by atoms with E-state index in [9.17, 15) is 0 Å². The van der Waals surface area contributed by atoms with Crippen LogP contribution in [0.3, 0.4) is 0 Å². The Morgan fingerprint density at radius 1 is 0.306 bits per heavy atom. The first-order chi connectivity index (χ1) is 30.6. The van der Waals surface area contributed by atoms with Gasteiger partial charge in [0.2, 0.25) is 0 Å². The highest BCUT2D eigenvalue weighted by Gasteiger charge is 2.43. The predicted octanol–water partition coefficient (Wildman–Crippen LogP) is 19.9. The highest BCUT2D eigenvalue weighted by molar-refractivity contribution is 5.83. The van der Waals surface area contributed by atoms with Crippen LogP contribution >= 0.6 is 0 Å². The zero-order valence-corrected chi connectivity index (χ0v) is 40.2. The normalized spacial score (nSPS) is 14.5. The van der Waals surface area contributed by atoms with E-state index in [0.29, 0.717) is 0 Å². The van der Waals surface area contributed by atoms with E-state index in [1.54, 1.807) is 22.3 Å². The number of benzene rings is 4. The summed E-state index contributed by atoms with van der Waals surface area (Å²) in [6, 6.07) is 33.7. The molecule has 2 aliphatic rings. The molecule has 6 rings (SSSR count). The fourth-order valence-electron chi connectivity index (χ4n) is 11.6. The second-order valence-corrected chi connectivity index (χ2v) is 19.7. The van der Waals surface area contributed by atoms with E-state index in [1.807, 2.05) is 0 Å². The topological polar surface area (TPSA) is 0 Å². The SMILES string of the molecule is CCCCCCCCC1(CCCCCCCC)c2ccccc2-c2ccc(C=CC=Cc3ccc4c(c3)C(CCCCCCCC)(CCCCCCCC)c3ccccc3-4)cc21. The highest BCUT2D eigenvalue weighted by Crippen LogP contribution is 2.56. The maximum absolute atomic E-state index is 2.58. The van der Waals surface area contributed by atoms with Crippen molar-refractivity contribution in [2.24, 2.45) is 0 Å². The Bertz CT molecular complexity index is 1790. The summed E-state index contributed by atoms with van der Waals surface area (Å²) in [6.45, 7) is 9.31. The van der Waals surface area contributed by atoms with Crippen molar-refractivity contribution in [3.8, 4) is 22.3 Å². The first-order valence-corrected chi connectivity index (χ1v) is 26.5. The molecule has 4 aromatic carbocycles. The summed E-state index contributed by atoms with van der Waals surface area (Å²) < 4.78 is 0. The molecule has 0 saturated heterocycles. The van der Waals surface area contributed by atoms with Gasteiger partial charge in [-0.25, -0.2) is 0 Å². The number of allylic oxidation sites excluding steroid dienone is 2. The molecule has 0 radical (unpaired) electrons. The van der Waals surface area contributed by atoms with Crippen LogP contribution in [0.15, 0.2) is 97.1 Å². The molecule has 62 heavy (non-hydrogen) atoms. The maximum atomic E-state index is 2.58. The molecule has 334 valence electrons. The van der Waals surface area contributed by atoms with Crippen molar-refractivity contribution in [2.75, 3.05) is 0 Å². The standard InChI is InChI=1S/C62H86/c1-5-9-13-17-21-31-45-61(46-32-22-18-14-10-6-2)57-39-29-27-37-53(57)55-43-41-51(49-59(55)61)35-25-26-36-52-42-44-56-54-38-28-30-40-58(54)62(60(56)50-52,47-33-23-19-15-11-7-3)48-34-24-20-16-12-8-4/h25-30,35-44,49-50H,5-24,31-34,45-48H2,1-4H3. The fourth-order valence-corrected chi connectivity index (χ4v) is 11.6. The lowest BCUT2D eigenvalue weighted by Gasteiger charge is -2.33. The molecular formula is C62H86. The number of hydrogen-bond acceptors (Lipinski definition) is 0. The summed E-state index contributed by atoms with van der Waals surface area (Å²) in [6.07, 6.45) is 46.9. The Hall–Kier alpha value is -3.64. The monoisotopic (exact) mass is 831 g/mol. The third-order valence-electron chi connectivity index (χ3n) is 15.1. The molecule has 0 aliphatic heterocycles. The molecular weight excluding hydrogens is 745 g/mol. The molecule has 0 fully saturated rings. The van der Waals surface area contributed by atoms with Gasteiger partial charge in [-0.15, -0.1) is 0 Å². The van der Waals surface area contributed by atoms with Gasteiger partial charge in [-0.1, -0.05) is 291 Å². The van der Waals surface area contributed by atoms with Crippen LogP contribution in [0.25, 0.3) is 34.4 Å². The van der Waals surface area contributed by atoms with E-state index >= 15 is 0 Å². The van der Waals surface area contributed by atoms with Crippen molar-refractivity contribution in [2.45, 2.75) is 218 Å². The Morgan fingerprint density at radius 3 is 0.935 bits per heavy atom. The highest BCUT2D eigenvalue weighted by atomic mass is 14.5. The zero-order valence-electron chi connectivity index (χ0n) is 40.2. The van der Waals surface area contributed by atoms with Gasteiger partial charge in [0.05, 0.1) is 0 Å². The maximum Gasteiger partial charge on any atom is 0.0215 e. The van der Waals surface area contributed by atoms with Gasteiger partial charge in [0, 0.05) is 10.8 Å². The smallest absolute Gasteiger partial charge is 0.0215 e.